The molecule has 0 radical (unpaired) electrons. The number of para-hydroxylation sites is 1. The molecule has 96 valence electrons. The average molecular weight is 319 g/mol. The Morgan fingerprint density at radius 2 is 2.11 bits per heavy atom. The predicted octanol–water partition coefficient (Wildman–Crippen LogP) is 2.16. The molecule has 1 heterocycles. The zero-order valence-electron chi connectivity index (χ0n) is 10.1. The van der Waals surface area contributed by atoms with E-state index in [-0.39, 0.29) is 0 Å². The monoisotopic (exact) mass is 318 g/mol. The molecule has 0 amide bonds. The van der Waals surface area contributed by atoms with Gasteiger partial charge in [0.25, 0.3) is 0 Å². The van der Waals surface area contributed by atoms with Gasteiger partial charge in [-0.15, -0.1) is 0 Å². The summed E-state index contributed by atoms with van der Waals surface area (Å²) >= 11 is 3.39. The minimum absolute atomic E-state index is 0.478. The van der Waals surface area contributed by atoms with Crippen molar-refractivity contribution in [2.75, 3.05) is 17.4 Å². The van der Waals surface area contributed by atoms with E-state index in [1.165, 1.54) is 6.33 Å². The third-order valence-electron chi connectivity index (χ3n) is 2.61. The fourth-order valence-corrected chi connectivity index (χ4v) is 2.25. The second-order valence-corrected chi connectivity index (χ2v) is 4.49. The Hall–Kier alpha value is -2.17. The molecule has 0 fully saturated rings. The van der Waals surface area contributed by atoms with Crippen molar-refractivity contribution in [1.29, 1.82) is 5.26 Å². The molecule has 0 saturated carbocycles. The summed E-state index contributed by atoms with van der Waals surface area (Å²) in [6, 6.07) is 9.44. The maximum atomic E-state index is 9.13. The summed E-state index contributed by atoms with van der Waals surface area (Å²) in [5.41, 5.74) is 3.81. The molecule has 6 nitrogen and oxygen atoms in total. The van der Waals surface area contributed by atoms with Crippen molar-refractivity contribution in [2.24, 2.45) is 5.84 Å². The molecule has 0 unspecified atom stereocenters. The number of hydrogen-bond acceptors (Lipinski definition) is 6. The lowest BCUT2D eigenvalue weighted by Crippen LogP contribution is -2.16. The van der Waals surface area contributed by atoms with E-state index in [1.807, 2.05) is 25.2 Å². The highest BCUT2D eigenvalue weighted by molar-refractivity contribution is 9.10. The van der Waals surface area contributed by atoms with Gasteiger partial charge in [-0.05, 0) is 28.1 Å². The molecule has 0 aliphatic rings. The number of rotatable bonds is 3. The first-order valence-corrected chi connectivity index (χ1v) is 6.18. The van der Waals surface area contributed by atoms with Crippen molar-refractivity contribution in [1.82, 2.24) is 9.97 Å². The summed E-state index contributed by atoms with van der Waals surface area (Å²) < 4.78 is 0.632. The van der Waals surface area contributed by atoms with Gasteiger partial charge in [-0.2, -0.15) is 5.26 Å². The zero-order chi connectivity index (χ0) is 13.8. The number of nitrogen functional groups attached to an aromatic ring is 1. The molecule has 1 aromatic carbocycles. The van der Waals surface area contributed by atoms with Gasteiger partial charge in [-0.1, -0.05) is 12.1 Å². The highest BCUT2D eigenvalue weighted by atomic mass is 79.9. The summed E-state index contributed by atoms with van der Waals surface area (Å²) in [6.45, 7) is 0. The Morgan fingerprint density at radius 1 is 1.37 bits per heavy atom. The van der Waals surface area contributed by atoms with Gasteiger partial charge in [-0.3, -0.25) is 0 Å². The normalized spacial score (nSPS) is 9.79. The summed E-state index contributed by atoms with van der Waals surface area (Å²) in [4.78, 5) is 9.99. The molecule has 2 rings (SSSR count). The SMILES string of the molecule is CN(c1ccccc1C#N)c1ncnc(NN)c1Br. The Balaban J connectivity index is 2.51. The largest absolute Gasteiger partial charge is 0.327 e. The van der Waals surface area contributed by atoms with E-state index < -0.39 is 0 Å². The van der Waals surface area contributed by atoms with Gasteiger partial charge in [0.1, 0.15) is 16.9 Å². The van der Waals surface area contributed by atoms with Crippen LogP contribution in [0, 0.1) is 11.3 Å². The van der Waals surface area contributed by atoms with Crippen molar-refractivity contribution in [3.63, 3.8) is 0 Å². The lowest BCUT2D eigenvalue weighted by Gasteiger charge is -2.21. The topological polar surface area (TPSA) is 90.9 Å². The molecule has 3 N–H and O–H groups in total. The highest BCUT2D eigenvalue weighted by Crippen LogP contribution is 2.33. The molecule has 0 aliphatic heterocycles. The first-order chi connectivity index (χ1) is 9.19. The second kappa shape index (κ2) is 5.65. The standard InChI is InChI=1S/C12H11BrN6/c1-19(9-5-3-2-4-8(9)6-14)12-10(13)11(18-15)16-7-17-12/h2-5,7H,15H2,1H3,(H,16,17,18). The lowest BCUT2D eigenvalue weighted by atomic mass is 10.2. The van der Waals surface area contributed by atoms with Crippen LogP contribution in [0.15, 0.2) is 35.1 Å². The fraction of sp³-hybridized carbons (Fsp3) is 0.0833. The van der Waals surface area contributed by atoms with Gasteiger partial charge in [0.2, 0.25) is 0 Å². The third-order valence-corrected chi connectivity index (χ3v) is 3.34. The van der Waals surface area contributed by atoms with E-state index in [1.54, 1.807) is 11.0 Å². The van der Waals surface area contributed by atoms with Crippen molar-refractivity contribution in [2.45, 2.75) is 0 Å². The number of benzene rings is 1. The van der Waals surface area contributed by atoms with Crippen LogP contribution >= 0.6 is 15.9 Å². The van der Waals surface area contributed by atoms with Crippen molar-refractivity contribution in [3.8, 4) is 6.07 Å². The number of nitriles is 1. The van der Waals surface area contributed by atoms with Crippen LogP contribution in [0.3, 0.4) is 0 Å². The summed E-state index contributed by atoms with van der Waals surface area (Å²) in [5, 5.41) is 9.13. The maximum absolute atomic E-state index is 9.13. The van der Waals surface area contributed by atoms with Crippen molar-refractivity contribution >= 4 is 33.3 Å². The molecule has 0 bridgehead atoms. The van der Waals surface area contributed by atoms with Crippen LogP contribution in [0.1, 0.15) is 5.56 Å². The smallest absolute Gasteiger partial charge is 0.159 e. The second-order valence-electron chi connectivity index (χ2n) is 3.69. The number of aromatic nitrogens is 2. The zero-order valence-corrected chi connectivity index (χ0v) is 11.7. The first kappa shape index (κ1) is 13.3. The number of hydrogen-bond donors (Lipinski definition) is 2. The molecule has 0 saturated heterocycles. The molecule has 7 heteroatoms. The third kappa shape index (κ3) is 2.50. The van der Waals surface area contributed by atoms with Gasteiger partial charge >= 0.3 is 0 Å². The number of hydrazine groups is 1. The Labute approximate surface area is 119 Å². The van der Waals surface area contributed by atoms with Crippen LogP contribution in [0.4, 0.5) is 17.3 Å². The van der Waals surface area contributed by atoms with Crippen molar-refractivity contribution < 1.29 is 0 Å². The molecule has 0 spiro atoms. The molecule has 1 aromatic heterocycles. The molecule has 0 aliphatic carbocycles. The van der Waals surface area contributed by atoms with E-state index in [4.69, 9.17) is 11.1 Å². The minimum Gasteiger partial charge on any atom is -0.327 e. The van der Waals surface area contributed by atoms with Crippen LogP contribution < -0.4 is 16.2 Å². The van der Waals surface area contributed by atoms with Crippen LogP contribution in [0.2, 0.25) is 0 Å². The molecule has 2 aromatic rings. The van der Waals surface area contributed by atoms with Gasteiger partial charge in [-0.25, -0.2) is 15.8 Å². The summed E-state index contributed by atoms with van der Waals surface area (Å²) in [7, 11) is 1.82. The van der Waals surface area contributed by atoms with E-state index in [0.717, 1.165) is 5.69 Å². The molecular weight excluding hydrogens is 308 g/mol. The van der Waals surface area contributed by atoms with Gasteiger partial charge in [0.15, 0.2) is 11.6 Å². The first-order valence-electron chi connectivity index (χ1n) is 5.39. The molecular formula is C12H11BrN6. The molecule has 0 atom stereocenters. The van der Waals surface area contributed by atoms with Crippen LogP contribution in [0.5, 0.6) is 0 Å². The van der Waals surface area contributed by atoms with E-state index in [9.17, 15) is 0 Å². The lowest BCUT2D eigenvalue weighted by molar-refractivity contribution is 1.06. The van der Waals surface area contributed by atoms with E-state index in [0.29, 0.717) is 21.7 Å². The quantitative estimate of drug-likeness (QED) is 0.665. The number of anilines is 3. The van der Waals surface area contributed by atoms with E-state index in [2.05, 4.69) is 37.4 Å². The summed E-state index contributed by atoms with van der Waals surface area (Å²) in [5.74, 6) is 6.47. The van der Waals surface area contributed by atoms with Crippen molar-refractivity contribution in [3.05, 3.63) is 40.6 Å². The average Bonchev–Trinajstić information content (AvgIpc) is 2.46. The number of nitrogens with zero attached hydrogens (tertiary/aromatic N) is 4. The van der Waals surface area contributed by atoms with Gasteiger partial charge in [0.05, 0.1) is 11.3 Å². The Morgan fingerprint density at radius 3 is 2.79 bits per heavy atom. The van der Waals surface area contributed by atoms with Gasteiger partial charge < -0.3 is 10.3 Å². The number of nitrogens with one attached hydrogen (secondary N) is 1. The fourth-order valence-electron chi connectivity index (χ4n) is 1.67. The molecule has 19 heavy (non-hydrogen) atoms. The van der Waals surface area contributed by atoms with E-state index >= 15 is 0 Å². The Bertz CT molecular complexity index is 636. The van der Waals surface area contributed by atoms with Gasteiger partial charge in [0, 0.05) is 7.05 Å². The number of nitrogens with two attached hydrogens (primary N) is 1. The highest BCUT2D eigenvalue weighted by Gasteiger charge is 2.15. The van der Waals surface area contributed by atoms with Crippen LogP contribution in [-0.2, 0) is 0 Å². The maximum Gasteiger partial charge on any atom is 0.159 e. The minimum atomic E-state index is 0.478. The van der Waals surface area contributed by atoms with Crippen LogP contribution in [0.25, 0.3) is 0 Å². The predicted molar refractivity (Wildman–Crippen MR) is 76.8 cm³/mol. The Kier molecular flexibility index (Phi) is 3.94. The number of halogens is 1. The van der Waals surface area contributed by atoms with Crippen LogP contribution in [-0.4, -0.2) is 17.0 Å². The summed E-state index contributed by atoms with van der Waals surface area (Å²) in [6.07, 6.45) is 1.40.